The third-order valence-corrected chi connectivity index (χ3v) is 5.82. The van der Waals surface area contributed by atoms with Crippen LogP contribution in [0, 0.1) is 12.8 Å². The third kappa shape index (κ3) is 3.67. The molecule has 1 atom stereocenters. The van der Waals surface area contributed by atoms with Crippen molar-refractivity contribution in [3.8, 4) is 0 Å². The van der Waals surface area contributed by atoms with Crippen molar-refractivity contribution >= 4 is 27.3 Å². The quantitative estimate of drug-likeness (QED) is 0.820. The molecule has 0 N–H and O–H groups in total. The van der Waals surface area contributed by atoms with Crippen molar-refractivity contribution in [2.75, 3.05) is 30.3 Å². The maximum atomic E-state index is 12.4. The van der Waals surface area contributed by atoms with Crippen LogP contribution in [-0.2, 0) is 19.4 Å². The lowest BCUT2D eigenvalue weighted by Gasteiger charge is -2.34. The number of carbonyl (C=O) groups excluding carboxylic acids is 2. The first kappa shape index (κ1) is 16.7. The van der Waals surface area contributed by atoms with Crippen molar-refractivity contribution < 1.29 is 18.0 Å². The summed E-state index contributed by atoms with van der Waals surface area (Å²) in [7, 11) is -3.16. The molecule has 1 aromatic rings. The molecule has 128 valence electrons. The summed E-state index contributed by atoms with van der Waals surface area (Å²) < 4.78 is 22.8. The molecular formula is C17H20N2O4S. The van der Waals surface area contributed by atoms with Gasteiger partial charge in [-0.1, -0.05) is 23.8 Å². The predicted molar refractivity (Wildman–Crippen MR) is 91.1 cm³/mol. The molecule has 1 unspecified atom stereocenters. The number of aryl methyl sites for hydroxylation is 1. The third-order valence-electron chi connectivity index (χ3n) is 4.36. The minimum Gasteiger partial charge on any atom is -0.332 e. The summed E-state index contributed by atoms with van der Waals surface area (Å²) in [4.78, 5) is 27.9. The second-order valence-electron chi connectivity index (χ2n) is 6.32. The molecule has 1 aromatic carbocycles. The van der Waals surface area contributed by atoms with Gasteiger partial charge in [-0.2, -0.15) is 0 Å². The molecule has 0 radical (unpaired) electrons. The first-order chi connectivity index (χ1) is 11.3. The second kappa shape index (κ2) is 6.39. The predicted octanol–water partition coefficient (Wildman–Crippen LogP) is 1.12. The Morgan fingerprint density at radius 3 is 2.50 bits per heavy atom. The van der Waals surface area contributed by atoms with E-state index in [1.165, 1.54) is 10.3 Å². The van der Waals surface area contributed by atoms with Crippen LogP contribution < -0.4 is 4.90 Å². The first-order valence-corrected chi connectivity index (χ1v) is 9.61. The van der Waals surface area contributed by atoms with Crippen molar-refractivity contribution in [3.63, 3.8) is 0 Å². The SMILES string of the molecule is Cc1ccc(N2CCN(C(=O)CC3C=CS(=O)(=O)C3)CC2=O)cc1. The first-order valence-electron chi connectivity index (χ1n) is 7.90. The van der Waals surface area contributed by atoms with Gasteiger partial charge in [-0.05, 0) is 19.1 Å². The number of hydrogen-bond donors (Lipinski definition) is 0. The van der Waals surface area contributed by atoms with Gasteiger partial charge in [0, 0.05) is 36.5 Å². The molecule has 7 heteroatoms. The highest BCUT2D eigenvalue weighted by Gasteiger charge is 2.30. The molecule has 2 aliphatic heterocycles. The van der Waals surface area contributed by atoms with Crippen LogP contribution in [0.3, 0.4) is 0 Å². The zero-order valence-electron chi connectivity index (χ0n) is 13.5. The fourth-order valence-corrected chi connectivity index (χ4v) is 4.40. The Morgan fingerprint density at radius 1 is 1.21 bits per heavy atom. The largest absolute Gasteiger partial charge is 0.332 e. The molecule has 2 heterocycles. The van der Waals surface area contributed by atoms with E-state index in [9.17, 15) is 18.0 Å². The van der Waals surface area contributed by atoms with Gasteiger partial charge >= 0.3 is 0 Å². The Morgan fingerprint density at radius 2 is 1.92 bits per heavy atom. The highest BCUT2D eigenvalue weighted by molar-refractivity contribution is 7.94. The van der Waals surface area contributed by atoms with E-state index < -0.39 is 9.84 Å². The van der Waals surface area contributed by atoms with Gasteiger partial charge in [0.15, 0.2) is 9.84 Å². The molecule has 0 aromatic heterocycles. The molecule has 1 fully saturated rings. The lowest BCUT2D eigenvalue weighted by molar-refractivity contribution is -0.137. The van der Waals surface area contributed by atoms with Crippen LogP contribution in [0.25, 0.3) is 0 Å². The van der Waals surface area contributed by atoms with E-state index in [1.54, 1.807) is 11.0 Å². The van der Waals surface area contributed by atoms with Gasteiger partial charge < -0.3 is 9.80 Å². The highest BCUT2D eigenvalue weighted by Crippen LogP contribution is 2.21. The number of benzene rings is 1. The van der Waals surface area contributed by atoms with Crippen LogP contribution in [0.5, 0.6) is 0 Å². The maximum absolute atomic E-state index is 12.4. The monoisotopic (exact) mass is 348 g/mol. The van der Waals surface area contributed by atoms with Gasteiger partial charge in [0.05, 0.1) is 5.75 Å². The van der Waals surface area contributed by atoms with Crippen molar-refractivity contribution in [1.29, 1.82) is 0 Å². The lowest BCUT2D eigenvalue weighted by atomic mass is 10.1. The normalized spacial score (nSPS) is 22.9. The molecular weight excluding hydrogens is 328 g/mol. The Labute approximate surface area is 141 Å². The van der Waals surface area contributed by atoms with Crippen LogP contribution in [0.2, 0.25) is 0 Å². The fourth-order valence-electron chi connectivity index (χ4n) is 3.00. The van der Waals surface area contributed by atoms with Gasteiger partial charge in [0.2, 0.25) is 11.8 Å². The number of anilines is 1. The maximum Gasteiger partial charge on any atom is 0.246 e. The minimum atomic E-state index is -3.16. The molecule has 0 bridgehead atoms. The molecule has 0 spiro atoms. The summed E-state index contributed by atoms with van der Waals surface area (Å²) in [5.41, 5.74) is 1.96. The van der Waals surface area contributed by atoms with E-state index in [2.05, 4.69) is 0 Å². The molecule has 1 saturated heterocycles. The van der Waals surface area contributed by atoms with Crippen LogP contribution in [0.1, 0.15) is 12.0 Å². The van der Waals surface area contributed by atoms with Crippen LogP contribution >= 0.6 is 0 Å². The number of nitrogens with zero attached hydrogens (tertiary/aromatic N) is 2. The van der Waals surface area contributed by atoms with Crippen molar-refractivity contribution in [1.82, 2.24) is 4.90 Å². The second-order valence-corrected chi connectivity index (χ2v) is 8.25. The van der Waals surface area contributed by atoms with E-state index in [0.29, 0.717) is 13.1 Å². The number of allylic oxidation sites excluding steroid dienone is 1. The smallest absolute Gasteiger partial charge is 0.246 e. The number of piperazine rings is 1. The van der Waals surface area contributed by atoms with E-state index >= 15 is 0 Å². The summed E-state index contributed by atoms with van der Waals surface area (Å²) in [6.07, 6.45) is 1.70. The van der Waals surface area contributed by atoms with Crippen molar-refractivity contribution in [2.24, 2.45) is 5.92 Å². The van der Waals surface area contributed by atoms with Crippen molar-refractivity contribution in [3.05, 3.63) is 41.3 Å². The zero-order chi connectivity index (χ0) is 17.3. The molecule has 0 aliphatic carbocycles. The standard InChI is InChI=1S/C17H20N2O4S/c1-13-2-4-15(5-3-13)19-8-7-18(11-17(19)21)16(20)10-14-6-9-24(22,23)12-14/h2-6,9,14H,7-8,10-12H2,1H3. The molecule has 6 nitrogen and oxygen atoms in total. The highest BCUT2D eigenvalue weighted by atomic mass is 32.2. The summed E-state index contributed by atoms with van der Waals surface area (Å²) in [5, 5.41) is 1.17. The number of hydrogen-bond acceptors (Lipinski definition) is 4. The van der Waals surface area contributed by atoms with Crippen LogP contribution in [0.15, 0.2) is 35.7 Å². The Bertz CT molecular complexity index is 783. The van der Waals surface area contributed by atoms with E-state index in [0.717, 1.165) is 11.3 Å². The minimum absolute atomic E-state index is 0.0178. The topological polar surface area (TPSA) is 74.8 Å². The molecule has 0 saturated carbocycles. The van der Waals surface area contributed by atoms with Crippen LogP contribution in [0.4, 0.5) is 5.69 Å². The Hall–Kier alpha value is -2.15. The molecule has 2 aliphatic rings. The Balaban J connectivity index is 1.59. The average Bonchev–Trinajstić information content (AvgIpc) is 2.87. The van der Waals surface area contributed by atoms with Crippen molar-refractivity contribution in [2.45, 2.75) is 13.3 Å². The fraction of sp³-hybridized carbons (Fsp3) is 0.412. The number of rotatable bonds is 3. The van der Waals surface area contributed by atoms with E-state index in [1.807, 2.05) is 31.2 Å². The van der Waals surface area contributed by atoms with Gasteiger partial charge in [0.1, 0.15) is 6.54 Å². The zero-order valence-corrected chi connectivity index (χ0v) is 14.3. The van der Waals surface area contributed by atoms with Gasteiger partial charge in [0.25, 0.3) is 0 Å². The van der Waals surface area contributed by atoms with Gasteiger partial charge in [-0.3, -0.25) is 9.59 Å². The van der Waals surface area contributed by atoms with Crippen LogP contribution in [-0.4, -0.2) is 50.5 Å². The molecule has 3 rings (SSSR count). The summed E-state index contributed by atoms with van der Waals surface area (Å²) >= 11 is 0. The number of sulfone groups is 1. The van der Waals surface area contributed by atoms with E-state index in [4.69, 9.17) is 0 Å². The van der Waals surface area contributed by atoms with Gasteiger partial charge in [-0.15, -0.1) is 0 Å². The molecule has 2 amide bonds. The lowest BCUT2D eigenvalue weighted by Crippen LogP contribution is -2.52. The number of carbonyl (C=O) groups is 2. The summed E-state index contributed by atoms with van der Waals surface area (Å²) in [5.74, 6) is -0.588. The van der Waals surface area contributed by atoms with Gasteiger partial charge in [-0.25, -0.2) is 8.42 Å². The number of amides is 2. The Kier molecular flexibility index (Phi) is 4.45. The van der Waals surface area contributed by atoms with E-state index in [-0.39, 0.29) is 36.5 Å². The average molecular weight is 348 g/mol. The summed E-state index contributed by atoms with van der Waals surface area (Å²) in [6.45, 7) is 2.93. The summed E-state index contributed by atoms with van der Waals surface area (Å²) in [6, 6.07) is 7.71. The molecule has 24 heavy (non-hydrogen) atoms.